The molecule has 0 fully saturated rings. The fourth-order valence-electron chi connectivity index (χ4n) is 3.31. The summed E-state index contributed by atoms with van der Waals surface area (Å²) in [6.07, 6.45) is 0.462. The molecule has 0 saturated carbocycles. The van der Waals surface area contributed by atoms with Crippen LogP contribution in [0.2, 0.25) is 5.02 Å². The van der Waals surface area contributed by atoms with Crippen LogP contribution in [0.15, 0.2) is 65.1 Å². The number of rotatable bonds is 10. The van der Waals surface area contributed by atoms with Crippen LogP contribution in [0.4, 0.5) is 11.4 Å². The number of nitrogens with one attached hydrogen (secondary N) is 2. The molecule has 3 aromatic rings. The summed E-state index contributed by atoms with van der Waals surface area (Å²) in [5, 5.41) is 5.98. The second-order valence-corrected chi connectivity index (χ2v) is 9.29. The van der Waals surface area contributed by atoms with Crippen LogP contribution in [0.1, 0.15) is 30.4 Å². The highest BCUT2D eigenvalue weighted by Crippen LogP contribution is 2.29. The molecular formula is C27H26BrClN2O5. The van der Waals surface area contributed by atoms with Gasteiger partial charge in [-0.2, -0.15) is 0 Å². The molecule has 36 heavy (non-hydrogen) atoms. The first-order valence-electron chi connectivity index (χ1n) is 11.3. The van der Waals surface area contributed by atoms with Crippen LogP contribution >= 0.6 is 27.5 Å². The molecule has 0 aliphatic rings. The molecule has 3 rings (SSSR count). The largest absolute Gasteiger partial charge is 0.456 e. The third-order valence-electron chi connectivity index (χ3n) is 5.07. The molecule has 3 aromatic carbocycles. The molecule has 0 aromatic heterocycles. The zero-order valence-corrected chi connectivity index (χ0v) is 22.2. The van der Waals surface area contributed by atoms with Gasteiger partial charge in [-0.3, -0.25) is 14.4 Å². The number of amides is 2. The molecule has 188 valence electrons. The highest BCUT2D eigenvalue weighted by Gasteiger charge is 2.11. The average molecular weight is 574 g/mol. The predicted molar refractivity (Wildman–Crippen MR) is 144 cm³/mol. The highest BCUT2D eigenvalue weighted by atomic mass is 79.9. The van der Waals surface area contributed by atoms with Gasteiger partial charge in [-0.25, -0.2) is 0 Å². The standard InChI is InChI=1S/C27H26BrClN2O5/c1-17-14-20(15-18(2)27(17)28)31-25(33)16-35-26(34)9-5-8-24(32)30-19-10-12-21(13-11-19)36-23-7-4-3-6-22(23)29/h3-4,6-7,10-15H,5,8-9,16H2,1-2H3,(H,30,32)(H,31,33). The number of carbonyl (C=O) groups is 3. The van der Waals surface area contributed by atoms with E-state index >= 15 is 0 Å². The Morgan fingerprint density at radius 1 is 0.861 bits per heavy atom. The SMILES string of the molecule is Cc1cc(NC(=O)COC(=O)CCCC(=O)Nc2ccc(Oc3ccccc3Cl)cc2)cc(C)c1Br. The van der Waals surface area contributed by atoms with E-state index in [1.807, 2.05) is 38.1 Å². The number of carbonyl (C=O) groups excluding carboxylic acids is 3. The summed E-state index contributed by atoms with van der Waals surface area (Å²) < 4.78 is 11.7. The minimum atomic E-state index is -0.540. The first kappa shape index (κ1) is 27.2. The molecule has 0 bridgehead atoms. The molecule has 0 aliphatic heterocycles. The molecule has 2 N–H and O–H groups in total. The van der Waals surface area contributed by atoms with Gasteiger partial charge >= 0.3 is 5.97 Å². The van der Waals surface area contributed by atoms with Gasteiger partial charge in [-0.05, 0) is 79.9 Å². The van der Waals surface area contributed by atoms with Crippen molar-refractivity contribution in [2.24, 2.45) is 0 Å². The lowest BCUT2D eigenvalue weighted by Gasteiger charge is -2.10. The van der Waals surface area contributed by atoms with Crippen molar-refractivity contribution < 1.29 is 23.9 Å². The maximum Gasteiger partial charge on any atom is 0.306 e. The van der Waals surface area contributed by atoms with E-state index in [0.717, 1.165) is 15.6 Å². The lowest BCUT2D eigenvalue weighted by atomic mass is 10.1. The predicted octanol–water partition coefficient (Wildman–Crippen LogP) is 6.80. The Morgan fingerprint density at radius 3 is 2.17 bits per heavy atom. The second-order valence-electron chi connectivity index (χ2n) is 8.09. The third kappa shape index (κ3) is 8.39. The molecular weight excluding hydrogens is 548 g/mol. The third-order valence-corrected chi connectivity index (χ3v) is 6.63. The number of benzene rings is 3. The Hall–Kier alpha value is -3.36. The summed E-state index contributed by atoms with van der Waals surface area (Å²) in [6.45, 7) is 3.46. The first-order chi connectivity index (χ1) is 17.2. The number of ether oxygens (including phenoxy) is 2. The van der Waals surface area contributed by atoms with Crippen LogP contribution < -0.4 is 15.4 Å². The van der Waals surface area contributed by atoms with Gasteiger partial charge in [0.05, 0.1) is 5.02 Å². The van der Waals surface area contributed by atoms with Gasteiger partial charge in [0.2, 0.25) is 5.91 Å². The van der Waals surface area contributed by atoms with Gasteiger partial charge in [0.25, 0.3) is 5.91 Å². The van der Waals surface area contributed by atoms with E-state index in [4.69, 9.17) is 21.1 Å². The minimum Gasteiger partial charge on any atom is -0.456 e. The summed E-state index contributed by atoms with van der Waals surface area (Å²) in [5.41, 5.74) is 3.21. The van der Waals surface area contributed by atoms with Crippen molar-refractivity contribution in [2.75, 3.05) is 17.2 Å². The van der Waals surface area contributed by atoms with E-state index in [1.165, 1.54) is 0 Å². The summed E-state index contributed by atoms with van der Waals surface area (Å²) in [5.74, 6) is -0.0789. The average Bonchev–Trinajstić information content (AvgIpc) is 2.84. The Kier molecular flexibility index (Phi) is 9.90. The van der Waals surface area contributed by atoms with Gasteiger partial charge in [-0.15, -0.1) is 0 Å². The van der Waals surface area contributed by atoms with Gasteiger partial charge in [0.1, 0.15) is 11.5 Å². The lowest BCUT2D eigenvalue weighted by Crippen LogP contribution is -2.21. The Bertz CT molecular complexity index is 1220. The zero-order chi connectivity index (χ0) is 26.1. The normalized spacial score (nSPS) is 10.4. The van der Waals surface area contributed by atoms with Crippen molar-refractivity contribution in [3.05, 3.63) is 81.3 Å². The molecule has 0 spiro atoms. The summed E-state index contributed by atoms with van der Waals surface area (Å²) in [6, 6.07) is 17.7. The van der Waals surface area contributed by atoms with Crippen LogP contribution in [0.25, 0.3) is 0 Å². The number of anilines is 2. The van der Waals surface area contributed by atoms with E-state index in [2.05, 4.69) is 26.6 Å². The zero-order valence-electron chi connectivity index (χ0n) is 19.9. The maximum atomic E-state index is 12.2. The monoisotopic (exact) mass is 572 g/mol. The van der Waals surface area contributed by atoms with Crippen molar-refractivity contribution in [3.63, 3.8) is 0 Å². The van der Waals surface area contributed by atoms with E-state index in [-0.39, 0.29) is 25.4 Å². The summed E-state index contributed by atoms with van der Waals surface area (Å²) >= 11 is 9.57. The van der Waals surface area contributed by atoms with Crippen molar-refractivity contribution >= 4 is 56.7 Å². The van der Waals surface area contributed by atoms with E-state index < -0.39 is 11.9 Å². The molecule has 0 saturated heterocycles. The molecule has 0 heterocycles. The number of aryl methyl sites for hydroxylation is 2. The van der Waals surface area contributed by atoms with Gasteiger partial charge in [0.15, 0.2) is 6.61 Å². The number of hydrogen-bond acceptors (Lipinski definition) is 5. The number of esters is 1. The lowest BCUT2D eigenvalue weighted by molar-refractivity contribution is -0.147. The van der Waals surface area contributed by atoms with Crippen LogP contribution in [0.3, 0.4) is 0 Å². The fraction of sp³-hybridized carbons (Fsp3) is 0.222. The Morgan fingerprint density at radius 2 is 1.50 bits per heavy atom. The van der Waals surface area contributed by atoms with Crippen molar-refractivity contribution in [1.29, 1.82) is 0 Å². The van der Waals surface area contributed by atoms with Crippen LogP contribution in [-0.2, 0) is 19.1 Å². The van der Waals surface area contributed by atoms with Crippen molar-refractivity contribution in [2.45, 2.75) is 33.1 Å². The summed E-state index contributed by atoms with van der Waals surface area (Å²) in [4.78, 5) is 36.2. The molecule has 0 atom stereocenters. The van der Waals surface area contributed by atoms with Gasteiger partial charge in [-0.1, -0.05) is 39.7 Å². The Balaban J connectivity index is 1.34. The number of halogens is 2. The molecule has 0 unspecified atom stereocenters. The Labute approximate surface area is 223 Å². The molecule has 0 aliphatic carbocycles. The minimum absolute atomic E-state index is 0.0296. The van der Waals surface area contributed by atoms with E-state index in [1.54, 1.807) is 36.4 Å². The topological polar surface area (TPSA) is 93.7 Å². The van der Waals surface area contributed by atoms with Crippen molar-refractivity contribution in [1.82, 2.24) is 0 Å². The molecule has 2 amide bonds. The quantitative estimate of drug-likeness (QED) is 0.260. The highest BCUT2D eigenvalue weighted by molar-refractivity contribution is 9.10. The van der Waals surface area contributed by atoms with Crippen LogP contribution in [0, 0.1) is 13.8 Å². The number of para-hydroxylation sites is 1. The van der Waals surface area contributed by atoms with Crippen LogP contribution in [-0.4, -0.2) is 24.4 Å². The van der Waals surface area contributed by atoms with E-state index in [0.29, 0.717) is 34.3 Å². The van der Waals surface area contributed by atoms with Gasteiger partial charge < -0.3 is 20.1 Å². The van der Waals surface area contributed by atoms with Crippen molar-refractivity contribution in [3.8, 4) is 11.5 Å². The molecule has 0 radical (unpaired) electrons. The van der Waals surface area contributed by atoms with E-state index in [9.17, 15) is 14.4 Å². The van der Waals surface area contributed by atoms with Gasteiger partial charge in [0, 0.05) is 28.7 Å². The van der Waals surface area contributed by atoms with Crippen LogP contribution in [0.5, 0.6) is 11.5 Å². The fourth-order valence-corrected chi connectivity index (χ4v) is 3.71. The first-order valence-corrected chi connectivity index (χ1v) is 12.4. The smallest absolute Gasteiger partial charge is 0.306 e. The molecule has 7 nitrogen and oxygen atoms in total. The summed E-state index contributed by atoms with van der Waals surface area (Å²) in [7, 11) is 0. The maximum absolute atomic E-state index is 12.2. The number of hydrogen-bond donors (Lipinski definition) is 2. The molecule has 9 heteroatoms. The second kappa shape index (κ2) is 13.1.